The molecule has 3 N–H and O–H groups in total. The number of carbonyl (C=O) groups excluding carboxylic acids is 2. The van der Waals surface area contributed by atoms with Gasteiger partial charge in [-0.2, -0.15) is 0 Å². The molecule has 7 heteroatoms. The van der Waals surface area contributed by atoms with Crippen molar-refractivity contribution in [2.24, 2.45) is 5.73 Å². The first-order valence-electron chi connectivity index (χ1n) is 13.6. The maximum atomic E-state index is 13.7. The molecule has 2 aliphatic rings. The molecule has 2 aromatic carbocycles. The predicted molar refractivity (Wildman–Crippen MR) is 146 cm³/mol. The molecule has 0 aromatic heterocycles. The molecule has 1 heterocycles. The monoisotopic (exact) mass is 506 g/mol. The molecule has 1 aliphatic heterocycles. The SMILES string of the molecule is COCCN(Cc1ccc(C)cc1)C1CC(C(=O)NC2CCC(N)CC2)N(C(=O)c2ccc(C)cc2)C1. The lowest BCUT2D eigenvalue weighted by atomic mass is 9.91. The highest BCUT2D eigenvalue weighted by molar-refractivity contribution is 5.98. The quantitative estimate of drug-likeness (QED) is 0.544. The first-order valence-corrected chi connectivity index (χ1v) is 13.6. The normalized spacial score (nSPS) is 23.9. The van der Waals surface area contributed by atoms with Crippen LogP contribution in [-0.4, -0.2) is 72.6 Å². The molecule has 0 radical (unpaired) electrons. The number of likely N-dealkylation sites (tertiary alicyclic amines) is 1. The van der Waals surface area contributed by atoms with Crippen molar-refractivity contribution in [1.82, 2.24) is 15.1 Å². The number of ether oxygens (including phenoxy) is 1. The van der Waals surface area contributed by atoms with Crippen molar-refractivity contribution in [2.45, 2.75) is 76.7 Å². The molecule has 200 valence electrons. The third-order valence-corrected chi connectivity index (χ3v) is 7.86. The number of nitrogens with one attached hydrogen (secondary N) is 1. The highest BCUT2D eigenvalue weighted by Gasteiger charge is 2.42. The van der Waals surface area contributed by atoms with Gasteiger partial charge >= 0.3 is 0 Å². The van der Waals surface area contributed by atoms with E-state index in [0.29, 0.717) is 25.1 Å². The number of hydrogen-bond donors (Lipinski definition) is 2. The van der Waals surface area contributed by atoms with Crippen LogP contribution in [0.3, 0.4) is 0 Å². The number of nitrogens with zero attached hydrogens (tertiary/aromatic N) is 2. The minimum atomic E-state index is -0.502. The first kappa shape index (κ1) is 27.3. The van der Waals surface area contributed by atoms with E-state index in [1.54, 1.807) is 12.0 Å². The lowest BCUT2D eigenvalue weighted by molar-refractivity contribution is -0.125. The zero-order valence-electron chi connectivity index (χ0n) is 22.5. The Morgan fingerprint density at radius 2 is 1.62 bits per heavy atom. The van der Waals surface area contributed by atoms with E-state index >= 15 is 0 Å². The number of benzene rings is 2. The third kappa shape index (κ3) is 7.18. The van der Waals surface area contributed by atoms with Crippen molar-refractivity contribution in [3.63, 3.8) is 0 Å². The van der Waals surface area contributed by atoms with Crippen LogP contribution in [0.1, 0.15) is 59.2 Å². The summed E-state index contributed by atoms with van der Waals surface area (Å²) in [4.78, 5) is 31.4. The van der Waals surface area contributed by atoms with Gasteiger partial charge in [0.15, 0.2) is 0 Å². The summed E-state index contributed by atoms with van der Waals surface area (Å²) in [7, 11) is 1.71. The van der Waals surface area contributed by atoms with Gasteiger partial charge in [0.25, 0.3) is 5.91 Å². The highest BCUT2D eigenvalue weighted by atomic mass is 16.5. The molecule has 1 aliphatic carbocycles. The second kappa shape index (κ2) is 12.7. The Morgan fingerprint density at radius 1 is 1.00 bits per heavy atom. The van der Waals surface area contributed by atoms with E-state index in [0.717, 1.165) is 44.3 Å². The van der Waals surface area contributed by atoms with Crippen molar-refractivity contribution >= 4 is 11.8 Å². The lowest BCUT2D eigenvalue weighted by Crippen LogP contribution is -2.50. The van der Waals surface area contributed by atoms with Crippen LogP contribution in [0.2, 0.25) is 0 Å². The highest BCUT2D eigenvalue weighted by Crippen LogP contribution is 2.27. The summed E-state index contributed by atoms with van der Waals surface area (Å²) in [6.07, 6.45) is 4.23. The third-order valence-electron chi connectivity index (χ3n) is 7.86. The average Bonchev–Trinajstić information content (AvgIpc) is 3.35. The molecule has 2 unspecified atom stereocenters. The van der Waals surface area contributed by atoms with E-state index in [9.17, 15) is 9.59 Å². The van der Waals surface area contributed by atoms with E-state index in [1.165, 1.54) is 11.1 Å². The molecule has 1 saturated heterocycles. The summed E-state index contributed by atoms with van der Waals surface area (Å²) in [5.74, 6) is -0.138. The minimum Gasteiger partial charge on any atom is -0.383 e. The van der Waals surface area contributed by atoms with Crippen LogP contribution in [0.25, 0.3) is 0 Å². The molecule has 4 rings (SSSR count). The van der Waals surface area contributed by atoms with Gasteiger partial charge in [0.2, 0.25) is 5.91 Å². The molecule has 2 atom stereocenters. The van der Waals surface area contributed by atoms with Gasteiger partial charge in [-0.05, 0) is 63.6 Å². The molecule has 0 spiro atoms. The summed E-state index contributed by atoms with van der Waals surface area (Å²) in [6, 6.07) is 16.1. The van der Waals surface area contributed by atoms with Gasteiger partial charge in [0, 0.05) is 50.4 Å². The molecule has 0 bridgehead atoms. The largest absolute Gasteiger partial charge is 0.383 e. The number of hydrogen-bond acceptors (Lipinski definition) is 5. The topological polar surface area (TPSA) is 87.9 Å². The zero-order chi connectivity index (χ0) is 26.4. The van der Waals surface area contributed by atoms with Crippen molar-refractivity contribution in [3.05, 3.63) is 70.8 Å². The Labute approximate surface area is 221 Å². The summed E-state index contributed by atoms with van der Waals surface area (Å²) in [6.45, 7) is 6.67. The van der Waals surface area contributed by atoms with Crippen LogP contribution in [0.15, 0.2) is 48.5 Å². The summed E-state index contributed by atoms with van der Waals surface area (Å²) < 4.78 is 5.42. The van der Waals surface area contributed by atoms with E-state index in [1.807, 2.05) is 31.2 Å². The van der Waals surface area contributed by atoms with Crippen LogP contribution < -0.4 is 11.1 Å². The molecule has 37 heavy (non-hydrogen) atoms. The van der Waals surface area contributed by atoms with Crippen molar-refractivity contribution in [2.75, 3.05) is 26.8 Å². The van der Waals surface area contributed by atoms with E-state index in [4.69, 9.17) is 10.5 Å². The number of carbonyl (C=O) groups is 2. The summed E-state index contributed by atoms with van der Waals surface area (Å²) >= 11 is 0. The van der Waals surface area contributed by atoms with Gasteiger partial charge < -0.3 is 20.7 Å². The Morgan fingerprint density at radius 3 is 2.24 bits per heavy atom. The van der Waals surface area contributed by atoms with Crippen LogP contribution >= 0.6 is 0 Å². The van der Waals surface area contributed by atoms with E-state index in [2.05, 4.69) is 41.4 Å². The molecule has 7 nitrogen and oxygen atoms in total. The number of amides is 2. The van der Waals surface area contributed by atoms with Gasteiger partial charge in [-0.15, -0.1) is 0 Å². The Hall–Kier alpha value is -2.74. The molecular formula is C30H42N4O3. The lowest BCUT2D eigenvalue weighted by Gasteiger charge is -2.30. The minimum absolute atomic E-state index is 0.0505. The van der Waals surface area contributed by atoms with Crippen LogP contribution in [0.5, 0.6) is 0 Å². The van der Waals surface area contributed by atoms with Gasteiger partial charge in [0.05, 0.1) is 6.61 Å². The number of rotatable bonds is 9. The Kier molecular flexibility index (Phi) is 9.35. The fourth-order valence-corrected chi connectivity index (χ4v) is 5.50. The fraction of sp³-hybridized carbons (Fsp3) is 0.533. The smallest absolute Gasteiger partial charge is 0.254 e. The van der Waals surface area contributed by atoms with E-state index < -0.39 is 6.04 Å². The number of nitrogens with two attached hydrogens (primary N) is 1. The average molecular weight is 507 g/mol. The molecule has 2 amide bonds. The van der Waals surface area contributed by atoms with Gasteiger partial charge in [-0.1, -0.05) is 47.5 Å². The van der Waals surface area contributed by atoms with Gasteiger partial charge in [-0.3, -0.25) is 14.5 Å². The predicted octanol–water partition coefficient (Wildman–Crippen LogP) is 3.42. The molecule has 1 saturated carbocycles. The molecular weight excluding hydrogens is 464 g/mol. The Bertz CT molecular complexity index is 1030. The van der Waals surface area contributed by atoms with Crippen LogP contribution in [-0.2, 0) is 16.1 Å². The van der Waals surface area contributed by atoms with Crippen LogP contribution in [0.4, 0.5) is 0 Å². The standard InChI is InChI=1S/C30H42N4O3/c1-21-4-8-23(9-5-21)19-33(16-17-37-3)27-18-28(29(35)32-26-14-12-25(31)13-15-26)34(20-27)30(36)24-10-6-22(2)7-11-24/h4-11,25-28H,12-20,31H2,1-3H3,(H,32,35). The number of methoxy groups -OCH3 is 1. The summed E-state index contributed by atoms with van der Waals surface area (Å²) in [5, 5.41) is 3.25. The molecule has 2 aromatic rings. The second-order valence-electron chi connectivity index (χ2n) is 10.8. The Balaban J connectivity index is 1.54. The van der Waals surface area contributed by atoms with Crippen LogP contribution in [0, 0.1) is 13.8 Å². The second-order valence-corrected chi connectivity index (χ2v) is 10.8. The van der Waals surface area contributed by atoms with Crippen molar-refractivity contribution in [3.8, 4) is 0 Å². The first-order chi connectivity index (χ1) is 17.8. The van der Waals surface area contributed by atoms with E-state index in [-0.39, 0.29) is 29.9 Å². The van der Waals surface area contributed by atoms with Gasteiger partial charge in [0.1, 0.15) is 6.04 Å². The number of aryl methyl sites for hydroxylation is 2. The summed E-state index contributed by atoms with van der Waals surface area (Å²) in [5.41, 5.74) is 10.2. The van der Waals surface area contributed by atoms with Gasteiger partial charge in [-0.25, -0.2) is 0 Å². The fourth-order valence-electron chi connectivity index (χ4n) is 5.50. The maximum absolute atomic E-state index is 13.7. The van der Waals surface area contributed by atoms with Crippen molar-refractivity contribution < 1.29 is 14.3 Å². The van der Waals surface area contributed by atoms with Crippen molar-refractivity contribution in [1.29, 1.82) is 0 Å². The molecule has 2 fully saturated rings. The zero-order valence-corrected chi connectivity index (χ0v) is 22.5. The maximum Gasteiger partial charge on any atom is 0.254 e.